The van der Waals surface area contributed by atoms with Crippen LogP contribution >= 0.6 is 0 Å². The number of nitrogens with zero attached hydrogens (tertiary/aromatic N) is 2. The van der Waals surface area contributed by atoms with Crippen molar-refractivity contribution in [1.82, 2.24) is 5.32 Å². The summed E-state index contributed by atoms with van der Waals surface area (Å²) in [5.74, 6) is -5.60. The second-order valence-electron chi connectivity index (χ2n) is 7.41. The lowest BCUT2D eigenvalue weighted by Crippen LogP contribution is -2.46. The van der Waals surface area contributed by atoms with Gasteiger partial charge in [-0.15, -0.1) is 0 Å². The maximum absolute atomic E-state index is 14.0. The minimum atomic E-state index is -5.01. The van der Waals surface area contributed by atoms with Crippen molar-refractivity contribution in [3.8, 4) is 12.1 Å². The van der Waals surface area contributed by atoms with Gasteiger partial charge in [-0.3, -0.25) is 10.1 Å². The summed E-state index contributed by atoms with van der Waals surface area (Å²) >= 11 is 0. The summed E-state index contributed by atoms with van der Waals surface area (Å²) in [4.78, 5) is 12.5. The van der Waals surface area contributed by atoms with E-state index in [0.29, 0.717) is 18.2 Å². The van der Waals surface area contributed by atoms with E-state index >= 15 is 0 Å². The highest BCUT2D eigenvalue weighted by Gasteiger charge is 2.52. The third-order valence-corrected chi connectivity index (χ3v) is 5.26. The third kappa shape index (κ3) is 4.94. The zero-order chi connectivity index (χ0) is 25.4. The summed E-state index contributed by atoms with van der Waals surface area (Å²) < 4.78 is 109. The van der Waals surface area contributed by atoms with Gasteiger partial charge in [0.1, 0.15) is 11.7 Å². The van der Waals surface area contributed by atoms with Crippen LogP contribution < -0.4 is 10.6 Å². The Morgan fingerprint density at radius 2 is 1.62 bits per heavy atom. The Bertz CT molecular complexity index is 1190. The first-order chi connectivity index (χ1) is 15.8. The maximum atomic E-state index is 14.0. The zero-order valence-corrected chi connectivity index (χ0v) is 16.7. The van der Waals surface area contributed by atoms with Crippen molar-refractivity contribution in [2.75, 3.05) is 5.32 Å². The van der Waals surface area contributed by atoms with Gasteiger partial charge in [0.2, 0.25) is 5.91 Å². The first-order valence-electron chi connectivity index (χ1n) is 9.40. The molecule has 178 valence electrons. The minimum Gasteiger partial charge on any atom is -0.320 e. The average molecular weight is 488 g/mol. The summed E-state index contributed by atoms with van der Waals surface area (Å²) in [6, 6.07) is 1.99. The first kappa shape index (κ1) is 24.9. The molecule has 34 heavy (non-hydrogen) atoms. The van der Waals surface area contributed by atoms with Gasteiger partial charge in [-0.1, -0.05) is 6.07 Å². The van der Waals surface area contributed by atoms with Gasteiger partial charge in [-0.05, 0) is 36.2 Å². The number of nitriles is 2. The quantitative estimate of drug-likeness (QED) is 0.611. The van der Waals surface area contributed by atoms with Crippen LogP contribution in [-0.2, 0) is 11.0 Å². The number of amides is 1. The molecule has 1 unspecified atom stereocenters. The predicted octanol–water partition coefficient (Wildman–Crippen LogP) is 4.74. The number of carbonyl (C=O) groups is 1. The van der Waals surface area contributed by atoms with E-state index < -0.39 is 82.3 Å². The Morgan fingerprint density at radius 3 is 2.12 bits per heavy atom. The lowest BCUT2D eigenvalue weighted by atomic mass is 9.88. The molecule has 1 aliphatic rings. The number of alkyl halides is 6. The van der Waals surface area contributed by atoms with Crippen LogP contribution in [0.25, 0.3) is 0 Å². The van der Waals surface area contributed by atoms with E-state index in [1.807, 2.05) is 10.6 Å². The summed E-state index contributed by atoms with van der Waals surface area (Å²) in [5.41, 5.74) is -4.02. The van der Waals surface area contributed by atoms with Gasteiger partial charge in [0.15, 0.2) is 11.6 Å². The molecular weight excluding hydrogens is 476 g/mol. The summed E-state index contributed by atoms with van der Waals surface area (Å²) in [6.07, 6.45) is -10.7. The van der Waals surface area contributed by atoms with Crippen molar-refractivity contribution in [3.63, 3.8) is 0 Å². The standard InChI is InChI=1S/C21H12F8N4O/c22-14-3-9(7-30)4-15(23)17(14)33-19(34)16-6-12(18(32-16)21(27,28)29)10-1-2-11(8-31)13(5-10)20(24,25)26/h1-5,12,16,18,32H,6H2,(H,33,34)/t12?,16-,18+/m0/s1. The minimum absolute atomic E-state index is 0.398. The van der Waals surface area contributed by atoms with Crippen molar-refractivity contribution in [2.24, 2.45) is 0 Å². The van der Waals surface area contributed by atoms with Crippen LogP contribution in [0.1, 0.15) is 34.6 Å². The van der Waals surface area contributed by atoms with E-state index in [-0.39, 0.29) is 0 Å². The Kier molecular flexibility index (Phi) is 6.53. The van der Waals surface area contributed by atoms with Gasteiger partial charge in [0, 0.05) is 5.92 Å². The maximum Gasteiger partial charge on any atom is 0.417 e. The molecule has 1 heterocycles. The van der Waals surface area contributed by atoms with Crippen molar-refractivity contribution < 1.29 is 39.9 Å². The van der Waals surface area contributed by atoms with Crippen LogP contribution in [0.5, 0.6) is 0 Å². The molecule has 5 nitrogen and oxygen atoms in total. The summed E-state index contributed by atoms with van der Waals surface area (Å²) in [7, 11) is 0. The van der Waals surface area contributed by atoms with Gasteiger partial charge in [-0.25, -0.2) is 8.78 Å². The smallest absolute Gasteiger partial charge is 0.320 e. The molecule has 2 aromatic carbocycles. The molecule has 0 saturated carbocycles. The van der Waals surface area contributed by atoms with Crippen molar-refractivity contribution in [1.29, 1.82) is 10.5 Å². The van der Waals surface area contributed by atoms with Gasteiger partial charge in [0.05, 0.1) is 34.9 Å². The number of benzene rings is 2. The van der Waals surface area contributed by atoms with Crippen LogP contribution in [0.2, 0.25) is 0 Å². The number of carbonyl (C=O) groups excluding carboxylic acids is 1. The van der Waals surface area contributed by atoms with Crippen molar-refractivity contribution in [3.05, 3.63) is 64.2 Å². The summed E-state index contributed by atoms with van der Waals surface area (Å²) in [5, 5.41) is 21.4. The SMILES string of the molecule is N#Cc1cc(F)c(NC(=O)[C@@H]2CC(c3ccc(C#N)c(C(F)(F)F)c3)[C@H](C(F)(F)F)N2)c(F)c1. The topological polar surface area (TPSA) is 88.7 Å². The number of halogens is 8. The molecule has 3 rings (SSSR count). The Labute approximate surface area is 186 Å². The fourth-order valence-electron chi connectivity index (χ4n) is 3.72. The van der Waals surface area contributed by atoms with Crippen molar-refractivity contribution in [2.45, 2.75) is 36.8 Å². The fourth-order valence-corrected chi connectivity index (χ4v) is 3.72. The molecule has 0 bridgehead atoms. The average Bonchev–Trinajstić information content (AvgIpc) is 3.21. The number of hydrogen-bond acceptors (Lipinski definition) is 4. The van der Waals surface area contributed by atoms with Crippen LogP contribution in [0.4, 0.5) is 40.8 Å². The lowest BCUT2D eigenvalue weighted by molar-refractivity contribution is -0.156. The lowest BCUT2D eigenvalue weighted by Gasteiger charge is -2.23. The number of anilines is 1. The summed E-state index contributed by atoms with van der Waals surface area (Å²) in [6.45, 7) is 0. The highest BCUT2D eigenvalue weighted by Crippen LogP contribution is 2.42. The van der Waals surface area contributed by atoms with Crippen molar-refractivity contribution >= 4 is 11.6 Å². The van der Waals surface area contributed by atoms with Gasteiger partial charge >= 0.3 is 12.4 Å². The van der Waals surface area contributed by atoms with Gasteiger partial charge in [-0.2, -0.15) is 36.9 Å². The normalized spacial score (nSPS) is 20.5. The monoisotopic (exact) mass is 488 g/mol. The molecule has 0 radical (unpaired) electrons. The molecule has 1 aliphatic heterocycles. The van der Waals surface area contributed by atoms with E-state index in [4.69, 9.17) is 10.5 Å². The Morgan fingerprint density at radius 1 is 1.00 bits per heavy atom. The van der Waals surface area contributed by atoms with Gasteiger partial charge < -0.3 is 5.32 Å². The van der Waals surface area contributed by atoms with E-state index in [9.17, 15) is 39.9 Å². The van der Waals surface area contributed by atoms with Crippen LogP contribution in [-0.4, -0.2) is 24.2 Å². The molecule has 0 aromatic heterocycles. The number of rotatable bonds is 3. The molecular formula is C21H12F8N4O. The van der Waals surface area contributed by atoms with Crippen LogP contribution in [0, 0.1) is 34.3 Å². The van der Waals surface area contributed by atoms with E-state index in [1.54, 1.807) is 0 Å². The van der Waals surface area contributed by atoms with Gasteiger partial charge in [0.25, 0.3) is 0 Å². The highest BCUT2D eigenvalue weighted by molar-refractivity contribution is 5.95. The predicted molar refractivity (Wildman–Crippen MR) is 100.0 cm³/mol. The zero-order valence-electron chi connectivity index (χ0n) is 16.7. The fraction of sp³-hybridized carbons (Fsp3) is 0.286. The second-order valence-corrected chi connectivity index (χ2v) is 7.41. The number of nitrogens with one attached hydrogen (secondary N) is 2. The van der Waals surface area contributed by atoms with E-state index in [1.165, 1.54) is 12.1 Å². The Hall–Kier alpha value is -3.71. The largest absolute Gasteiger partial charge is 0.417 e. The third-order valence-electron chi connectivity index (χ3n) is 5.26. The molecule has 3 atom stereocenters. The molecule has 1 amide bonds. The highest BCUT2D eigenvalue weighted by atomic mass is 19.4. The molecule has 2 aromatic rings. The Balaban J connectivity index is 1.93. The van der Waals surface area contributed by atoms with E-state index in [0.717, 1.165) is 12.1 Å². The number of hydrogen-bond donors (Lipinski definition) is 2. The second kappa shape index (κ2) is 8.91. The molecule has 0 aliphatic carbocycles. The first-order valence-corrected chi connectivity index (χ1v) is 9.40. The molecule has 1 saturated heterocycles. The molecule has 1 fully saturated rings. The van der Waals surface area contributed by atoms with Crippen LogP contribution in [0.3, 0.4) is 0 Å². The van der Waals surface area contributed by atoms with E-state index in [2.05, 4.69) is 0 Å². The molecule has 13 heteroatoms. The molecule has 0 spiro atoms. The molecule has 2 N–H and O–H groups in total. The van der Waals surface area contributed by atoms with Crippen LogP contribution in [0.15, 0.2) is 30.3 Å².